The van der Waals surface area contributed by atoms with Gasteiger partial charge < -0.3 is 35.2 Å². The van der Waals surface area contributed by atoms with Crippen molar-refractivity contribution in [2.75, 3.05) is 13.2 Å². The van der Waals surface area contributed by atoms with Crippen LogP contribution in [0.25, 0.3) is 0 Å². The van der Waals surface area contributed by atoms with E-state index in [0.717, 1.165) is 12.5 Å². The molecule has 1 amide bonds. The van der Waals surface area contributed by atoms with Gasteiger partial charge >= 0.3 is 0 Å². The molecule has 0 spiro atoms. The molecule has 5 atom stereocenters. The van der Waals surface area contributed by atoms with E-state index < -0.39 is 37.3 Å². The lowest BCUT2D eigenvalue weighted by Gasteiger charge is -2.32. The van der Waals surface area contributed by atoms with Crippen molar-refractivity contribution in [3.63, 3.8) is 0 Å². The zero-order chi connectivity index (χ0) is 17.4. The maximum atomic E-state index is 11.2. The number of allylic oxidation sites excluding steroid dienone is 1. The maximum absolute atomic E-state index is 11.2. The van der Waals surface area contributed by atoms with Gasteiger partial charge in [-0.3, -0.25) is 4.79 Å². The molecule has 0 aromatic rings. The highest BCUT2D eigenvalue weighted by molar-refractivity contribution is 5.73. The van der Waals surface area contributed by atoms with E-state index in [1.54, 1.807) is 12.2 Å². The number of amides is 1. The van der Waals surface area contributed by atoms with Crippen molar-refractivity contribution >= 4 is 5.91 Å². The van der Waals surface area contributed by atoms with Gasteiger partial charge in [0.05, 0.1) is 25.4 Å². The van der Waals surface area contributed by atoms with E-state index in [4.69, 9.17) is 14.6 Å². The van der Waals surface area contributed by atoms with E-state index >= 15 is 0 Å². The van der Waals surface area contributed by atoms with Crippen molar-refractivity contribution in [2.24, 2.45) is 0 Å². The molecule has 0 saturated heterocycles. The molecule has 0 bridgehead atoms. The maximum Gasteiger partial charge on any atom is 0.217 e. The largest absolute Gasteiger partial charge is 0.510 e. The van der Waals surface area contributed by atoms with Crippen molar-refractivity contribution in [3.05, 3.63) is 24.0 Å². The average molecular weight is 331 g/mol. The summed E-state index contributed by atoms with van der Waals surface area (Å²) in [6.07, 6.45) is 0.872. The van der Waals surface area contributed by atoms with Crippen LogP contribution in [-0.4, -0.2) is 70.2 Å². The van der Waals surface area contributed by atoms with E-state index in [2.05, 4.69) is 5.32 Å². The number of nitrogens with one attached hydrogen (secondary N) is 1. The Balaban J connectivity index is 2.66. The highest BCUT2D eigenvalue weighted by Crippen LogP contribution is 2.19. The van der Waals surface area contributed by atoms with Crippen LogP contribution in [0.3, 0.4) is 0 Å². The van der Waals surface area contributed by atoms with Crippen LogP contribution in [-0.2, 0) is 14.3 Å². The predicted molar refractivity (Wildman–Crippen MR) is 81.5 cm³/mol. The Morgan fingerprint density at radius 3 is 2.83 bits per heavy atom. The molecule has 3 unspecified atom stereocenters. The number of aliphatic hydroxyl groups excluding tert-OH is 4. The molecule has 0 aromatic heterocycles. The molecule has 23 heavy (non-hydrogen) atoms. The zero-order valence-corrected chi connectivity index (χ0v) is 13.3. The van der Waals surface area contributed by atoms with Crippen molar-refractivity contribution < 1.29 is 34.7 Å². The molecule has 0 aromatic carbocycles. The summed E-state index contributed by atoms with van der Waals surface area (Å²) in [6, 6.07) is -0.724. The fourth-order valence-corrected chi connectivity index (χ4v) is 2.04. The third kappa shape index (κ3) is 6.28. The van der Waals surface area contributed by atoms with Crippen molar-refractivity contribution in [3.8, 4) is 0 Å². The fraction of sp³-hybridized carbons (Fsp3) is 0.667. The highest BCUT2D eigenvalue weighted by atomic mass is 16.7. The van der Waals surface area contributed by atoms with Gasteiger partial charge in [-0.25, -0.2) is 0 Å². The summed E-state index contributed by atoms with van der Waals surface area (Å²) in [5.74, 6) is -0.609. The summed E-state index contributed by atoms with van der Waals surface area (Å²) >= 11 is 0. The number of rotatable bonds is 8. The van der Waals surface area contributed by atoms with Crippen LogP contribution >= 0.6 is 0 Å². The first-order valence-electron chi connectivity index (χ1n) is 7.47. The Morgan fingerprint density at radius 1 is 1.57 bits per heavy atom. The number of ether oxygens (including phenoxy) is 2. The van der Waals surface area contributed by atoms with Gasteiger partial charge in [0.2, 0.25) is 5.91 Å². The van der Waals surface area contributed by atoms with Gasteiger partial charge in [0, 0.05) is 6.92 Å². The summed E-state index contributed by atoms with van der Waals surface area (Å²) < 4.78 is 10.6. The summed E-state index contributed by atoms with van der Waals surface area (Å²) in [4.78, 5) is 11.2. The minimum absolute atomic E-state index is 0.122. The smallest absolute Gasteiger partial charge is 0.217 e. The predicted octanol–water partition coefficient (Wildman–Crippen LogP) is -0.645. The third-order valence-corrected chi connectivity index (χ3v) is 3.22. The Kier molecular flexibility index (Phi) is 8.21. The van der Waals surface area contributed by atoms with Crippen LogP contribution in [0.1, 0.15) is 20.3 Å². The summed E-state index contributed by atoms with van der Waals surface area (Å²) in [5, 5.41) is 41.0. The molecule has 8 heteroatoms. The summed E-state index contributed by atoms with van der Waals surface area (Å²) in [7, 11) is 0. The lowest BCUT2D eigenvalue weighted by atomic mass is 10.1. The quantitative estimate of drug-likeness (QED) is 0.374. The molecular formula is C15H25NO7. The van der Waals surface area contributed by atoms with E-state index in [9.17, 15) is 20.1 Å². The molecule has 0 saturated carbocycles. The number of carbonyl (C=O) groups excluding carboxylic acids is 1. The van der Waals surface area contributed by atoms with Gasteiger partial charge in [-0.1, -0.05) is 19.1 Å². The van der Waals surface area contributed by atoms with Crippen LogP contribution in [0.15, 0.2) is 24.0 Å². The van der Waals surface area contributed by atoms with E-state index in [1.165, 1.54) is 6.92 Å². The fourth-order valence-electron chi connectivity index (χ4n) is 2.04. The molecule has 1 heterocycles. The van der Waals surface area contributed by atoms with Crippen LogP contribution in [0.2, 0.25) is 0 Å². The van der Waals surface area contributed by atoms with Crippen molar-refractivity contribution in [1.82, 2.24) is 5.32 Å². The first-order valence-corrected chi connectivity index (χ1v) is 7.47. The minimum atomic E-state index is -1.22. The van der Waals surface area contributed by atoms with Gasteiger partial charge in [-0.15, -0.1) is 0 Å². The molecule has 5 N–H and O–H groups in total. The molecular weight excluding hydrogens is 306 g/mol. The van der Waals surface area contributed by atoms with Crippen LogP contribution in [0.5, 0.6) is 0 Å². The molecule has 8 nitrogen and oxygen atoms in total. The number of aliphatic hydroxyl groups is 4. The van der Waals surface area contributed by atoms with Gasteiger partial charge in [0.1, 0.15) is 18.0 Å². The summed E-state index contributed by atoms with van der Waals surface area (Å²) in [6.45, 7) is 2.64. The molecule has 132 valence electrons. The second kappa shape index (κ2) is 9.64. The zero-order valence-electron chi connectivity index (χ0n) is 13.3. The molecule has 0 radical (unpaired) electrons. The van der Waals surface area contributed by atoms with E-state index in [1.807, 2.05) is 6.92 Å². The highest BCUT2D eigenvalue weighted by Gasteiger charge is 2.32. The Bertz CT molecular complexity index is 438. The standard InChI is InChI=1S/C15H25NO7/c1-3-4-5-11(19)10(16-9(2)18)8-22-15-13(21)6-12(20)14(7-17)23-15/h4-6,10-11,13-15,17,19-21H,3,7-8H2,1-2H3,(H,16,18)/b5-4+/t10-,11+,13?,14?,15?/m0/s1. The molecule has 1 aliphatic heterocycles. The average Bonchev–Trinajstić information content (AvgIpc) is 2.50. The summed E-state index contributed by atoms with van der Waals surface area (Å²) in [5.41, 5.74) is 0. The Labute approximate surface area is 135 Å². The SMILES string of the molecule is CC/C=C/[C@@H](O)[C@H](COC1OC(CO)C(O)=CC1O)NC(C)=O. The lowest BCUT2D eigenvalue weighted by molar-refractivity contribution is -0.222. The topological polar surface area (TPSA) is 128 Å². The Morgan fingerprint density at radius 2 is 2.26 bits per heavy atom. The van der Waals surface area contributed by atoms with Crippen LogP contribution < -0.4 is 5.32 Å². The van der Waals surface area contributed by atoms with E-state index in [-0.39, 0.29) is 18.3 Å². The number of hydrogen-bond donors (Lipinski definition) is 5. The lowest BCUT2D eigenvalue weighted by Crippen LogP contribution is -2.48. The van der Waals surface area contributed by atoms with Gasteiger partial charge in [0.15, 0.2) is 6.29 Å². The van der Waals surface area contributed by atoms with Gasteiger partial charge in [0.25, 0.3) is 0 Å². The number of carbonyl (C=O) groups is 1. The molecule has 1 rings (SSSR count). The van der Waals surface area contributed by atoms with Crippen molar-refractivity contribution in [2.45, 2.75) is 50.9 Å². The molecule has 0 aliphatic carbocycles. The first-order chi connectivity index (χ1) is 10.9. The second-order valence-electron chi connectivity index (χ2n) is 5.23. The van der Waals surface area contributed by atoms with E-state index in [0.29, 0.717) is 0 Å². The first kappa shape index (κ1) is 19.6. The second-order valence-corrected chi connectivity index (χ2v) is 5.23. The minimum Gasteiger partial charge on any atom is -0.510 e. The van der Waals surface area contributed by atoms with Crippen molar-refractivity contribution in [1.29, 1.82) is 0 Å². The molecule has 0 fully saturated rings. The van der Waals surface area contributed by atoms with Gasteiger partial charge in [-0.2, -0.15) is 0 Å². The third-order valence-electron chi connectivity index (χ3n) is 3.22. The van der Waals surface area contributed by atoms with Crippen LogP contribution in [0, 0.1) is 0 Å². The Hall–Kier alpha value is -1.45. The number of hydrogen-bond acceptors (Lipinski definition) is 7. The monoisotopic (exact) mass is 331 g/mol. The molecule has 1 aliphatic rings. The normalized spacial score (nSPS) is 27.5. The van der Waals surface area contributed by atoms with Gasteiger partial charge in [-0.05, 0) is 12.5 Å². The van der Waals surface area contributed by atoms with Crippen LogP contribution in [0.4, 0.5) is 0 Å².